The minimum absolute atomic E-state index is 0.249. The van der Waals surface area contributed by atoms with Crippen molar-refractivity contribution in [3.05, 3.63) is 34.9 Å². The minimum Gasteiger partial charge on any atom is -0.390 e. The van der Waals surface area contributed by atoms with E-state index in [1.165, 1.54) is 0 Å². The van der Waals surface area contributed by atoms with Crippen molar-refractivity contribution in [2.45, 2.75) is 51.4 Å². The van der Waals surface area contributed by atoms with Crippen LogP contribution in [0.3, 0.4) is 0 Å². The van der Waals surface area contributed by atoms with Crippen molar-refractivity contribution in [1.82, 2.24) is 0 Å². The fourth-order valence-corrected chi connectivity index (χ4v) is 3.74. The predicted octanol–water partition coefficient (Wildman–Crippen LogP) is 0.713. The Morgan fingerprint density at radius 3 is 1.71 bits per heavy atom. The molecule has 2 rings (SSSR count). The van der Waals surface area contributed by atoms with Crippen molar-refractivity contribution in [1.29, 1.82) is 0 Å². The van der Waals surface area contributed by atoms with E-state index in [1.54, 1.807) is 0 Å². The highest BCUT2D eigenvalue weighted by atomic mass is 18.0. The van der Waals surface area contributed by atoms with E-state index >= 15 is 0 Å². The molecule has 220 valence electrons. The predicted molar refractivity (Wildman–Crippen MR) is 100 cm³/mol. The molecule has 0 saturated heterocycles. The summed E-state index contributed by atoms with van der Waals surface area (Å²) in [6.45, 7) is 7.77. The summed E-state index contributed by atoms with van der Waals surface area (Å²) in [5.41, 5.74) is 4.19. The molecule has 5 atom stereocenters. The molecule has 0 bridgehead atoms. The highest BCUT2D eigenvalue weighted by molar-refractivity contribution is 5.45. The maximum absolute atomic E-state index is 10.5. The Morgan fingerprint density at radius 2 is 1.18 bits per heavy atom. The molecule has 0 unspecified atom stereocenters. The normalized spacial score (nSPS) is 26.2. The Morgan fingerprint density at radius 1 is 0.711 bits per heavy atom. The van der Waals surface area contributed by atoms with Crippen molar-refractivity contribution in [3.8, 4) is 0 Å². The van der Waals surface area contributed by atoms with E-state index in [9.17, 15) is 15.3 Å². The molecule has 0 aliphatic heterocycles. The molecule has 0 aromatic heterocycles. The molecule has 21 nitrogen and oxygen atoms in total. The second kappa shape index (κ2) is 18.6. The minimum atomic E-state index is -1.40. The van der Waals surface area contributed by atoms with Crippen molar-refractivity contribution >= 4 is 0 Å². The number of aliphatic hydroxyl groups is 3. The Labute approximate surface area is 211 Å². The summed E-state index contributed by atoms with van der Waals surface area (Å²) < 4.78 is 0. The van der Waals surface area contributed by atoms with Crippen LogP contribution in [0.4, 0.5) is 0 Å². The molecular formula is C17H26O21. The zero-order valence-corrected chi connectivity index (χ0v) is 19.7. The molecule has 0 radical (unpaired) electrons. The van der Waals surface area contributed by atoms with Gasteiger partial charge in [0, 0.05) is 5.92 Å². The van der Waals surface area contributed by atoms with E-state index in [4.69, 9.17) is 10.1 Å². The summed E-state index contributed by atoms with van der Waals surface area (Å²) in [7, 11) is 0. The first-order valence-electron chi connectivity index (χ1n) is 10.4. The first kappa shape index (κ1) is 32.6. The van der Waals surface area contributed by atoms with Crippen molar-refractivity contribution in [2.24, 2.45) is 11.8 Å². The Bertz CT molecular complexity index is 743. The Hall–Kier alpha value is -1.62. The number of hydrogen-bond donors (Lipinski definition) is 4. The van der Waals surface area contributed by atoms with Gasteiger partial charge in [0.15, 0.2) is 0 Å². The molecule has 1 fully saturated rings. The van der Waals surface area contributed by atoms with Crippen LogP contribution in [0, 0.1) is 11.8 Å². The lowest BCUT2D eigenvalue weighted by atomic mass is 9.72. The number of allylic oxidation sites excluding steroid dienone is 5. The van der Waals surface area contributed by atoms with Crippen LogP contribution in [0.2, 0.25) is 0 Å². The van der Waals surface area contributed by atoms with Crippen molar-refractivity contribution < 1.29 is 106 Å². The molecule has 0 heterocycles. The van der Waals surface area contributed by atoms with E-state index in [2.05, 4.69) is 87.2 Å². The third kappa shape index (κ3) is 11.6. The summed E-state index contributed by atoms with van der Waals surface area (Å²) in [5, 5.41) is 96.3. The van der Waals surface area contributed by atoms with Gasteiger partial charge in [-0.25, -0.2) is 10.1 Å². The quantitative estimate of drug-likeness (QED) is 0.0901. The Kier molecular flexibility index (Phi) is 16.0. The third-order valence-corrected chi connectivity index (χ3v) is 5.43. The maximum atomic E-state index is 10.5. The van der Waals surface area contributed by atoms with E-state index in [0.717, 1.165) is 28.7 Å². The van der Waals surface area contributed by atoms with E-state index in [0.29, 0.717) is 12.8 Å². The smallest absolute Gasteiger partial charge is 0.106 e. The average Bonchev–Trinajstić information content (AvgIpc) is 2.89. The molecule has 2 aliphatic carbocycles. The Balaban J connectivity index is 1.53. The second-order valence-electron chi connectivity index (χ2n) is 7.73. The van der Waals surface area contributed by atoms with Crippen molar-refractivity contribution in [2.75, 3.05) is 6.61 Å². The van der Waals surface area contributed by atoms with Crippen LogP contribution in [0.1, 0.15) is 33.1 Å². The van der Waals surface area contributed by atoms with Gasteiger partial charge in [-0.05, 0) is 136 Å². The van der Waals surface area contributed by atoms with E-state index in [1.807, 2.05) is 19.9 Å². The molecular weight excluding hydrogens is 540 g/mol. The van der Waals surface area contributed by atoms with E-state index in [-0.39, 0.29) is 12.5 Å². The van der Waals surface area contributed by atoms with Gasteiger partial charge in [0.1, 0.15) is 6.10 Å². The zero-order valence-electron chi connectivity index (χ0n) is 19.7. The third-order valence-electron chi connectivity index (χ3n) is 5.43. The number of hydrogen-bond acceptors (Lipinski definition) is 21. The first-order chi connectivity index (χ1) is 18.3. The monoisotopic (exact) mass is 566 g/mol. The van der Waals surface area contributed by atoms with Crippen LogP contribution in [-0.4, -0.2) is 45.5 Å². The SMILES string of the molecule is C=C1CC(C)=CC(C[C@@H]2C[C@H](COOOOOOOOOOOOOOOOOO)[C@@H](O)[C@H](O)[C@H]2O)=C1C. The molecule has 2 aliphatic rings. The zero-order chi connectivity index (χ0) is 27.8. The average molecular weight is 566 g/mol. The first-order valence-corrected chi connectivity index (χ1v) is 10.4. The van der Waals surface area contributed by atoms with Gasteiger partial charge in [0.25, 0.3) is 0 Å². The number of aliphatic hydroxyl groups excluding tert-OH is 3. The summed E-state index contributed by atoms with van der Waals surface area (Å²) in [4.78, 5) is 4.76. The van der Waals surface area contributed by atoms with Crippen LogP contribution >= 0.6 is 0 Å². The lowest BCUT2D eigenvalue weighted by molar-refractivity contribution is -0.889. The van der Waals surface area contributed by atoms with Crippen LogP contribution in [0.15, 0.2) is 34.9 Å². The fraction of sp³-hybridized carbons (Fsp3) is 0.647. The van der Waals surface area contributed by atoms with Gasteiger partial charge in [-0.1, -0.05) is 18.2 Å². The van der Waals surface area contributed by atoms with Crippen LogP contribution in [-0.2, 0) is 85.5 Å². The summed E-state index contributed by atoms with van der Waals surface area (Å²) in [6.07, 6.45) is -0.222. The summed E-state index contributed by atoms with van der Waals surface area (Å²) >= 11 is 0. The van der Waals surface area contributed by atoms with Gasteiger partial charge in [0.2, 0.25) is 0 Å². The van der Waals surface area contributed by atoms with Gasteiger partial charge in [0.05, 0.1) is 18.8 Å². The maximum Gasteiger partial charge on any atom is 0.106 e. The lowest BCUT2D eigenvalue weighted by Crippen LogP contribution is -2.52. The molecule has 4 N–H and O–H groups in total. The molecule has 38 heavy (non-hydrogen) atoms. The molecule has 1 saturated carbocycles. The summed E-state index contributed by atoms with van der Waals surface area (Å²) in [6, 6.07) is 0. The van der Waals surface area contributed by atoms with Gasteiger partial charge in [-0.15, -0.1) is 0 Å². The van der Waals surface area contributed by atoms with Crippen LogP contribution in [0.25, 0.3) is 0 Å². The van der Waals surface area contributed by atoms with Gasteiger partial charge in [-0.3, -0.25) is 0 Å². The largest absolute Gasteiger partial charge is 0.390 e. The lowest BCUT2D eigenvalue weighted by Gasteiger charge is -2.40. The molecule has 0 aromatic rings. The second-order valence-corrected chi connectivity index (χ2v) is 7.73. The van der Waals surface area contributed by atoms with Crippen LogP contribution in [0.5, 0.6) is 0 Å². The highest BCUT2D eigenvalue weighted by Gasteiger charge is 2.43. The molecule has 0 aromatic carbocycles. The molecule has 0 spiro atoms. The van der Waals surface area contributed by atoms with Crippen LogP contribution < -0.4 is 0 Å². The van der Waals surface area contributed by atoms with E-state index < -0.39 is 24.2 Å². The fourth-order valence-electron chi connectivity index (χ4n) is 3.74. The molecule has 21 heteroatoms. The van der Waals surface area contributed by atoms with Gasteiger partial charge >= 0.3 is 0 Å². The van der Waals surface area contributed by atoms with Gasteiger partial charge in [-0.2, -0.15) is 0 Å². The summed E-state index contributed by atoms with van der Waals surface area (Å²) in [5.74, 6) is -0.989. The van der Waals surface area contributed by atoms with Gasteiger partial charge < -0.3 is 15.3 Å². The molecule has 0 amide bonds. The topological polar surface area (TPSA) is 238 Å². The highest BCUT2D eigenvalue weighted by Crippen LogP contribution is 2.38. The van der Waals surface area contributed by atoms with Crippen molar-refractivity contribution in [3.63, 3.8) is 0 Å². The standard InChI is InChI=1S/C17H26O21/c1-9-4-10(2)11(3)12(5-9)6-13-7-14(16(19)17(20)15(13)18)8-22-24-26-28-30-32-34-36-38-37-35-33-31-29-27-25-23-21/h5,13-21H,2,4,6-8H2,1,3H3/t13-,14-,15+,16-,17-/m1/s1. The number of rotatable bonds is 20.